The van der Waals surface area contributed by atoms with Crippen molar-refractivity contribution in [1.29, 1.82) is 0 Å². The number of carbonyl (C=O) groups excluding carboxylic acids is 1. The van der Waals surface area contributed by atoms with Crippen LogP contribution >= 0.6 is 23.4 Å². The number of primary amides is 1. The Bertz CT molecular complexity index is 1220. The molecular formula is C21H18ClF2N3O3S. The van der Waals surface area contributed by atoms with Gasteiger partial charge in [0.2, 0.25) is 11.8 Å². The van der Waals surface area contributed by atoms with Crippen LogP contribution in [0.15, 0.2) is 46.3 Å². The molecule has 3 rings (SSSR count). The monoisotopic (exact) mass is 465 g/mol. The van der Waals surface area contributed by atoms with Gasteiger partial charge >= 0.3 is 0 Å². The number of aromatic nitrogens is 2. The lowest BCUT2D eigenvalue weighted by Crippen LogP contribution is -2.24. The van der Waals surface area contributed by atoms with Gasteiger partial charge in [-0.25, -0.2) is 8.78 Å². The van der Waals surface area contributed by atoms with Crippen molar-refractivity contribution in [2.45, 2.75) is 25.6 Å². The number of benzene rings is 2. The van der Waals surface area contributed by atoms with Crippen molar-refractivity contribution in [1.82, 2.24) is 9.55 Å². The molecule has 3 aromatic rings. The van der Waals surface area contributed by atoms with Crippen molar-refractivity contribution in [3.05, 3.63) is 80.1 Å². The van der Waals surface area contributed by atoms with E-state index in [-0.39, 0.29) is 33.8 Å². The first-order valence-corrected chi connectivity index (χ1v) is 10.5. The molecule has 0 bridgehead atoms. The van der Waals surface area contributed by atoms with Crippen molar-refractivity contribution in [3.8, 4) is 11.6 Å². The van der Waals surface area contributed by atoms with Crippen molar-refractivity contribution in [2.24, 2.45) is 5.73 Å². The van der Waals surface area contributed by atoms with Crippen molar-refractivity contribution in [2.75, 3.05) is 5.75 Å². The van der Waals surface area contributed by atoms with Crippen LogP contribution < -0.4 is 16.0 Å². The first-order valence-electron chi connectivity index (χ1n) is 9.15. The van der Waals surface area contributed by atoms with E-state index < -0.39 is 23.1 Å². The summed E-state index contributed by atoms with van der Waals surface area (Å²) in [6.07, 6.45) is 0. The Labute approximate surface area is 186 Å². The standard InChI is InChI=1S/C21H18ClF2N3O3S/c1-3-31-21-26-19(30-10-13-6-7-14(23)9-15(13)24)17(22)20(29)27(21)16-8-12(18(25)28)5-4-11(16)2/h4-9H,3,10H2,1-2H3,(H2,25,28). The molecule has 0 aliphatic carbocycles. The maximum Gasteiger partial charge on any atom is 0.281 e. The quantitative estimate of drug-likeness (QED) is 0.416. The van der Waals surface area contributed by atoms with Crippen molar-refractivity contribution < 1.29 is 18.3 Å². The number of carbonyl (C=O) groups is 1. The Morgan fingerprint density at radius 3 is 2.65 bits per heavy atom. The molecule has 31 heavy (non-hydrogen) atoms. The van der Waals surface area contributed by atoms with E-state index in [2.05, 4.69) is 4.98 Å². The molecule has 1 aromatic heterocycles. The molecule has 1 heterocycles. The highest BCUT2D eigenvalue weighted by Gasteiger charge is 2.20. The Morgan fingerprint density at radius 1 is 1.26 bits per heavy atom. The molecule has 0 radical (unpaired) electrons. The van der Waals surface area contributed by atoms with E-state index in [0.717, 1.165) is 12.1 Å². The van der Waals surface area contributed by atoms with Gasteiger partial charge in [-0.2, -0.15) is 4.98 Å². The van der Waals surface area contributed by atoms with Gasteiger partial charge in [0.1, 0.15) is 18.2 Å². The van der Waals surface area contributed by atoms with E-state index >= 15 is 0 Å². The topological polar surface area (TPSA) is 87.2 Å². The molecule has 0 spiro atoms. The number of halogens is 3. The number of aryl methyl sites for hydroxylation is 1. The van der Waals surface area contributed by atoms with Crippen molar-refractivity contribution >= 4 is 29.3 Å². The number of nitrogens with two attached hydrogens (primary N) is 1. The van der Waals surface area contributed by atoms with E-state index in [1.807, 2.05) is 6.92 Å². The Hall–Kier alpha value is -2.91. The van der Waals surface area contributed by atoms with Crippen LogP contribution in [-0.2, 0) is 6.61 Å². The summed E-state index contributed by atoms with van der Waals surface area (Å²) in [4.78, 5) is 29.0. The zero-order valence-electron chi connectivity index (χ0n) is 16.6. The third-order valence-corrected chi connectivity index (χ3v) is 5.50. The van der Waals surface area contributed by atoms with E-state index in [1.54, 1.807) is 19.1 Å². The van der Waals surface area contributed by atoms with Crippen LogP contribution in [-0.4, -0.2) is 21.2 Å². The van der Waals surface area contributed by atoms with Gasteiger partial charge in [-0.1, -0.05) is 36.4 Å². The van der Waals surface area contributed by atoms with Crippen LogP contribution in [0.4, 0.5) is 8.78 Å². The number of thioether (sulfide) groups is 1. The summed E-state index contributed by atoms with van der Waals surface area (Å²) in [6, 6.07) is 7.78. The lowest BCUT2D eigenvalue weighted by molar-refractivity contribution is 0.1000. The molecule has 0 aliphatic heterocycles. The van der Waals surface area contributed by atoms with Crippen LogP contribution in [0.3, 0.4) is 0 Å². The summed E-state index contributed by atoms with van der Waals surface area (Å²) < 4.78 is 33.7. The van der Waals surface area contributed by atoms with Crippen LogP contribution in [0.1, 0.15) is 28.4 Å². The molecule has 162 valence electrons. The molecule has 2 aromatic carbocycles. The molecule has 0 saturated heterocycles. The van der Waals surface area contributed by atoms with Gasteiger partial charge in [0, 0.05) is 17.2 Å². The summed E-state index contributed by atoms with van der Waals surface area (Å²) in [5.41, 5.74) is 6.16. The SMILES string of the molecule is CCSc1nc(OCc2ccc(F)cc2F)c(Cl)c(=O)n1-c1cc(C(N)=O)ccc1C. The summed E-state index contributed by atoms with van der Waals surface area (Å²) in [5, 5.41) is -0.0388. The fourth-order valence-corrected chi connectivity index (χ4v) is 3.68. The molecule has 0 unspecified atom stereocenters. The predicted octanol–water partition coefficient (Wildman–Crippen LogP) is 4.26. The number of nitrogens with zero attached hydrogens (tertiary/aromatic N) is 2. The fraction of sp³-hybridized carbons (Fsp3) is 0.190. The number of ether oxygens (including phenoxy) is 1. The smallest absolute Gasteiger partial charge is 0.281 e. The number of rotatable bonds is 7. The van der Waals surface area contributed by atoms with Crippen molar-refractivity contribution in [3.63, 3.8) is 0 Å². The average Bonchev–Trinajstić information content (AvgIpc) is 2.72. The molecular weight excluding hydrogens is 448 g/mol. The zero-order valence-corrected chi connectivity index (χ0v) is 18.2. The number of amides is 1. The van der Waals surface area contributed by atoms with E-state index in [1.165, 1.54) is 28.5 Å². The first kappa shape index (κ1) is 22.8. The molecule has 0 fully saturated rings. The minimum atomic E-state index is -0.786. The molecule has 0 aliphatic rings. The number of hydrogen-bond donors (Lipinski definition) is 1. The lowest BCUT2D eigenvalue weighted by atomic mass is 10.1. The first-order chi connectivity index (χ1) is 14.7. The zero-order chi connectivity index (χ0) is 22.7. The molecule has 1 amide bonds. The fourth-order valence-electron chi connectivity index (χ4n) is 2.78. The van der Waals surface area contributed by atoms with Crippen LogP contribution in [0.25, 0.3) is 5.69 Å². The van der Waals surface area contributed by atoms with Gasteiger partial charge in [-0.05, 0) is 42.5 Å². The van der Waals surface area contributed by atoms with Gasteiger partial charge in [-0.3, -0.25) is 14.2 Å². The highest BCUT2D eigenvalue weighted by Crippen LogP contribution is 2.28. The van der Waals surface area contributed by atoms with Crippen LogP contribution in [0, 0.1) is 18.6 Å². The van der Waals surface area contributed by atoms with Gasteiger partial charge in [0.05, 0.1) is 5.69 Å². The van der Waals surface area contributed by atoms with Gasteiger partial charge in [-0.15, -0.1) is 0 Å². The lowest BCUT2D eigenvalue weighted by Gasteiger charge is -2.17. The molecule has 10 heteroatoms. The molecule has 0 atom stereocenters. The Balaban J connectivity index is 2.07. The third-order valence-electron chi connectivity index (χ3n) is 4.35. The Kier molecular flexibility index (Phi) is 6.97. The summed E-state index contributed by atoms with van der Waals surface area (Å²) in [6.45, 7) is 3.34. The van der Waals surface area contributed by atoms with Crippen LogP contribution in [0.2, 0.25) is 5.02 Å². The summed E-state index contributed by atoms with van der Waals surface area (Å²) in [5.74, 6) is -1.73. The van der Waals surface area contributed by atoms with E-state index in [9.17, 15) is 18.4 Å². The molecule has 0 saturated carbocycles. The highest BCUT2D eigenvalue weighted by atomic mass is 35.5. The molecule has 2 N–H and O–H groups in total. The highest BCUT2D eigenvalue weighted by molar-refractivity contribution is 7.99. The maximum atomic E-state index is 13.9. The Morgan fingerprint density at radius 2 is 2.00 bits per heavy atom. The summed E-state index contributed by atoms with van der Waals surface area (Å²) >= 11 is 7.49. The largest absolute Gasteiger partial charge is 0.471 e. The second kappa shape index (κ2) is 9.49. The maximum absolute atomic E-state index is 13.9. The normalized spacial score (nSPS) is 10.9. The minimum absolute atomic E-state index is 0.0816. The van der Waals surface area contributed by atoms with Gasteiger partial charge < -0.3 is 10.5 Å². The number of hydrogen-bond acceptors (Lipinski definition) is 5. The van der Waals surface area contributed by atoms with E-state index in [0.29, 0.717) is 17.0 Å². The summed E-state index contributed by atoms with van der Waals surface area (Å²) in [7, 11) is 0. The third kappa shape index (κ3) is 4.88. The van der Waals surface area contributed by atoms with E-state index in [4.69, 9.17) is 22.1 Å². The predicted molar refractivity (Wildman–Crippen MR) is 115 cm³/mol. The second-order valence-corrected chi connectivity index (χ2v) is 8.09. The minimum Gasteiger partial charge on any atom is -0.471 e. The second-order valence-electron chi connectivity index (χ2n) is 6.48. The van der Waals surface area contributed by atoms with Crippen LogP contribution in [0.5, 0.6) is 5.88 Å². The van der Waals surface area contributed by atoms with Gasteiger partial charge in [0.15, 0.2) is 10.2 Å². The molecule has 6 nitrogen and oxygen atoms in total. The average molecular weight is 466 g/mol. The van der Waals surface area contributed by atoms with Gasteiger partial charge in [0.25, 0.3) is 5.56 Å².